The monoisotopic (exact) mass is 209 g/mol. The standard InChI is InChI=1S/C8H11N5S/c1-6-12-7(4-14-6)2-9-3-8-10-5-11-13-8/h4-5,9H,2-3H2,1H3,(H,10,11,13). The van der Waals surface area contributed by atoms with Gasteiger partial charge in [0.2, 0.25) is 0 Å². The Bertz CT molecular complexity index is 380. The number of thiazole rings is 1. The molecule has 0 amide bonds. The molecule has 0 bridgehead atoms. The van der Waals surface area contributed by atoms with Crippen LogP contribution in [0.5, 0.6) is 0 Å². The molecule has 14 heavy (non-hydrogen) atoms. The van der Waals surface area contributed by atoms with Crippen molar-refractivity contribution in [2.24, 2.45) is 0 Å². The minimum Gasteiger partial charge on any atom is -0.304 e. The molecule has 2 aromatic rings. The van der Waals surface area contributed by atoms with Crippen molar-refractivity contribution in [1.29, 1.82) is 0 Å². The zero-order valence-electron chi connectivity index (χ0n) is 7.82. The summed E-state index contributed by atoms with van der Waals surface area (Å²) in [6, 6.07) is 0. The van der Waals surface area contributed by atoms with Crippen LogP contribution in [0.25, 0.3) is 0 Å². The Morgan fingerprint density at radius 1 is 1.50 bits per heavy atom. The SMILES string of the molecule is Cc1nc(CNCc2ncn[nH]2)cs1. The molecule has 0 aliphatic rings. The number of H-pyrrole nitrogens is 1. The molecule has 2 rings (SSSR count). The molecule has 6 heteroatoms. The quantitative estimate of drug-likeness (QED) is 0.783. The van der Waals surface area contributed by atoms with Crippen LogP contribution >= 0.6 is 11.3 Å². The van der Waals surface area contributed by atoms with Crippen molar-refractivity contribution in [3.63, 3.8) is 0 Å². The molecule has 2 N–H and O–H groups in total. The van der Waals surface area contributed by atoms with E-state index < -0.39 is 0 Å². The Morgan fingerprint density at radius 2 is 2.43 bits per heavy atom. The highest BCUT2D eigenvalue weighted by molar-refractivity contribution is 7.09. The Balaban J connectivity index is 1.78. The molecular weight excluding hydrogens is 198 g/mol. The first-order valence-electron chi connectivity index (χ1n) is 4.30. The van der Waals surface area contributed by atoms with Gasteiger partial charge in [-0.1, -0.05) is 0 Å². The van der Waals surface area contributed by atoms with Crippen molar-refractivity contribution in [2.75, 3.05) is 0 Å². The second kappa shape index (κ2) is 4.30. The van der Waals surface area contributed by atoms with Crippen LogP contribution in [0.2, 0.25) is 0 Å². The summed E-state index contributed by atoms with van der Waals surface area (Å²) in [5, 5.41) is 12.9. The molecule has 0 aliphatic carbocycles. The van der Waals surface area contributed by atoms with Gasteiger partial charge in [0.25, 0.3) is 0 Å². The summed E-state index contributed by atoms with van der Waals surface area (Å²) in [7, 11) is 0. The van der Waals surface area contributed by atoms with Gasteiger partial charge in [0.1, 0.15) is 12.2 Å². The summed E-state index contributed by atoms with van der Waals surface area (Å²) >= 11 is 1.67. The van der Waals surface area contributed by atoms with E-state index in [0.717, 1.165) is 23.1 Å². The van der Waals surface area contributed by atoms with E-state index in [1.54, 1.807) is 11.3 Å². The summed E-state index contributed by atoms with van der Waals surface area (Å²) in [4.78, 5) is 8.34. The van der Waals surface area contributed by atoms with E-state index in [9.17, 15) is 0 Å². The zero-order valence-corrected chi connectivity index (χ0v) is 8.64. The molecule has 0 radical (unpaired) electrons. The van der Waals surface area contributed by atoms with E-state index in [4.69, 9.17) is 0 Å². The van der Waals surface area contributed by atoms with E-state index in [1.165, 1.54) is 6.33 Å². The molecule has 0 saturated heterocycles. The third-order valence-corrected chi connectivity index (χ3v) is 2.55. The number of aromatic amines is 1. The van der Waals surface area contributed by atoms with Crippen molar-refractivity contribution in [3.8, 4) is 0 Å². The Hall–Kier alpha value is -1.27. The van der Waals surface area contributed by atoms with Crippen molar-refractivity contribution in [3.05, 3.63) is 28.2 Å². The van der Waals surface area contributed by atoms with Crippen LogP contribution in [0.15, 0.2) is 11.7 Å². The Labute approximate surface area is 85.6 Å². The predicted octanol–water partition coefficient (Wildman–Crippen LogP) is 0.859. The Morgan fingerprint density at radius 3 is 3.07 bits per heavy atom. The summed E-state index contributed by atoms with van der Waals surface area (Å²) in [6.45, 7) is 3.46. The first-order valence-corrected chi connectivity index (χ1v) is 5.18. The molecule has 2 heterocycles. The lowest BCUT2D eigenvalue weighted by Crippen LogP contribution is -2.13. The third-order valence-electron chi connectivity index (χ3n) is 1.73. The van der Waals surface area contributed by atoms with Gasteiger partial charge in [0, 0.05) is 11.9 Å². The molecule has 0 spiro atoms. The third kappa shape index (κ3) is 2.36. The first kappa shape index (κ1) is 9.29. The van der Waals surface area contributed by atoms with Gasteiger partial charge in [-0.05, 0) is 6.92 Å². The fourth-order valence-electron chi connectivity index (χ4n) is 1.11. The normalized spacial score (nSPS) is 10.6. The van der Waals surface area contributed by atoms with Crippen LogP contribution in [-0.4, -0.2) is 20.2 Å². The van der Waals surface area contributed by atoms with E-state index >= 15 is 0 Å². The van der Waals surface area contributed by atoms with Crippen LogP contribution < -0.4 is 5.32 Å². The fourth-order valence-corrected chi connectivity index (χ4v) is 1.73. The van der Waals surface area contributed by atoms with E-state index in [1.807, 2.05) is 6.92 Å². The predicted molar refractivity (Wildman–Crippen MR) is 53.8 cm³/mol. The number of aryl methyl sites for hydroxylation is 1. The van der Waals surface area contributed by atoms with Crippen molar-refractivity contribution >= 4 is 11.3 Å². The first-order chi connectivity index (χ1) is 6.84. The molecule has 0 fully saturated rings. The van der Waals surface area contributed by atoms with Crippen LogP contribution in [0.4, 0.5) is 0 Å². The summed E-state index contributed by atoms with van der Waals surface area (Å²) < 4.78 is 0. The molecule has 74 valence electrons. The van der Waals surface area contributed by atoms with Gasteiger partial charge in [-0.3, -0.25) is 5.10 Å². The highest BCUT2D eigenvalue weighted by Crippen LogP contribution is 2.07. The average Bonchev–Trinajstić information content (AvgIpc) is 2.77. The van der Waals surface area contributed by atoms with Crippen LogP contribution in [0.1, 0.15) is 16.5 Å². The number of hydrogen-bond donors (Lipinski definition) is 2. The minimum atomic E-state index is 0.691. The van der Waals surface area contributed by atoms with Gasteiger partial charge in [-0.2, -0.15) is 5.10 Å². The van der Waals surface area contributed by atoms with Gasteiger partial charge in [0.15, 0.2) is 0 Å². The van der Waals surface area contributed by atoms with Gasteiger partial charge in [-0.25, -0.2) is 9.97 Å². The maximum atomic E-state index is 4.34. The van der Waals surface area contributed by atoms with Crippen molar-refractivity contribution in [2.45, 2.75) is 20.0 Å². The maximum Gasteiger partial charge on any atom is 0.138 e. The largest absolute Gasteiger partial charge is 0.304 e. The molecule has 0 atom stereocenters. The van der Waals surface area contributed by atoms with Crippen LogP contribution in [0.3, 0.4) is 0 Å². The summed E-state index contributed by atoms with van der Waals surface area (Å²) in [5.41, 5.74) is 1.08. The number of hydrogen-bond acceptors (Lipinski definition) is 5. The molecule has 2 aromatic heterocycles. The van der Waals surface area contributed by atoms with Gasteiger partial charge in [-0.15, -0.1) is 11.3 Å². The van der Waals surface area contributed by atoms with E-state index in [2.05, 4.69) is 30.9 Å². The average molecular weight is 209 g/mol. The fraction of sp³-hybridized carbons (Fsp3) is 0.375. The smallest absolute Gasteiger partial charge is 0.138 e. The number of nitrogens with zero attached hydrogens (tertiary/aromatic N) is 3. The molecule has 0 saturated carbocycles. The molecular formula is C8H11N5S. The highest BCUT2D eigenvalue weighted by Gasteiger charge is 1.98. The van der Waals surface area contributed by atoms with Gasteiger partial charge >= 0.3 is 0 Å². The molecule has 0 aliphatic heterocycles. The molecule has 0 aromatic carbocycles. The molecule has 0 unspecified atom stereocenters. The second-order valence-corrected chi connectivity index (χ2v) is 3.96. The van der Waals surface area contributed by atoms with E-state index in [-0.39, 0.29) is 0 Å². The summed E-state index contributed by atoms with van der Waals surface area (Å²) in [5.74, 6) is 0.844. The second-order valence-electron chi connectivity index (χ2n) is 2.89. The van der Waals surface area contributed by atoms with Crippen molar-refractivity contribution < 1.29 is 0 Å². The highest BCUT2D eigenvalue weighted by atomic mass is 32.1. The summed E-state index contributed by atoms with van der Waals surface area (Å²) in [6.07, 6.45) is 1.50. The Kier molecular flexibility index (Phi) is 2.85. The minimum absolute atomic E-state index is 0.691. The maximum absolute atomic E-state index is 4.34. The zero-order chi connectivity index (χ0) is 9.80. The lowest BCUT2D eigenvalue weighted by molar-refractivity contribution is 0.655. The van der Waals surface area contributed by atoms with Gasteiger partial charge in [0.05, 0.1) is 17.2 Å². The van der Waals surface area contributed by atoms with Crippen LogP contribution in [-0.2, 0) is 13.1 Å². The molecule has 5 nitrogen and oxygen atoms in total. The van der Waals surface area contributed by atoms with Crippen LogP contribution in [0, 0.1) is 6.92 Å². The van der Waals surface area contributed by atoms with Gasteiger partial charge < -0.3 is 5.32 Å². The lowest BCUT2D eigenvalue weighted by Gasteiger charge is -1.98. The van der Waals surface area contributed by atoms with E-state index in [0.29, 0.717) is 6.54 Å². The number of nitrogens with one attached hydrogen (secondary N) is 2. The topological polar surface area (TPSA) is 66.5 Å². The number of rotatable bonds is 4. The lowest BCUT2D eigenvalue weighted by atomic mass is 10.4. The van der Waals surface area contributed by atoms with Crippen molar-refractivity contribution in [1.82, 2.24) is 25.5 Å². The number of aromatic nitrogens is 4.